The van der Waals surface area contributed by atoms with Crippen molar-refractivity contribution in [2.24, 2.45) is 0 Å². The summed E-state index contributed by atoms with van der Waals surface area (Å²) in [7, 11) is 0. The van der Waals surface area contributed by atoms with Gasteiger partial charge in [-0.2, -0.15) is 0 Å². The summed E-state index contributed by atoms with van der Waals surface area (Å²) in [6.45, 7) is 0. The Hall–Kier alpha value is -7.17. The van der Waals surface area contributed by atoms with Crippen molar-refractivity contribution < 1.29 is 4.42 Å². The number of fused-ring (bicyclic) bond motifs is 10. The lowest BCUT2D eigenvalue weighted by atomic mass is 9.94. The number of rotatable bonds is 4. The number of furan rings is 1. The van der Waals surface area contributed by atoms with E-state index in [0.717, 1.165) is 76.3 Å². The van der Waals surface area contributed by atoms with E-state index < -0.39 is 0 Å². The summed E-state index contributed by atoms with van der Waals surface area (Å²) in [5, 5.41) is 10.9. The van der Waals surface area contributed by atoms with Gasteiger partial charge in [0.25, 0.3) is 0 Å². The average Bonchev–Trinajstić information content (AvgIpc) is 3.64. The second kappa shape index (κ2) is 11.7. The Morgan fingerprint density at radius 1 is 0.302 bits per heavy atom. The highest BCUT2D eigenvalue weighted by atomic mass is 16.3. The molecule has 0 spiro atoms. The Morgan fingerprint density at radius 3 is 1.58 bits per heavy atom. The van der Waals surface area contributed by atoms with E-state index >= 15 is 0 Å². The van der Waals surface area contributed by atoms with Gasteiger partial charge in [0.15, 0.2) is 17.5 Å². The molecule has 0 radical (unpaired) electrons. The van der Waals surface area contributed by atoms with E-state index in [9.17, 15) is 0 Å². The standard InChI is InChI=1S/C49H29N3O/c1-3-13-30(14-4-1)35-27-28-40(39-22-12-11-21-38(35)39)48-50-47(33-17-5-2-6-18-33)51-49(52-48)42-29-34-24-23-31-15-7-9-19-36(31)43(34)46-44(42)41-26-25-32-16-8-10-20-37(32)45(41)53-46/h1-29H. The molecule has 0 aliphatic rings. The summed E-state index contributed by atoms with van der Waals surface area (Å²) in [5.74, 6) is 1.84. The molecule has 4 nitrogen and oxygen atoms in total. The lowest BCUT2D eigenvalue weighted by molar-refractivity contribution is 0.677. The molecule has 246 valence electrons. The molecule has 11 aromatic rings. The van der Waals surface area contributed by atoms with Gasteiger partial charge < -0.3 is 4.42 Å². The summed E-state index contributed by atoms with van der Waals surface area (Å²) in [4.78, 5) is 15.8. The zero-order chi connectivity index (χ0) is 34.9. The van der Waals surface area contributed by atoms with Crippen LogP contribution in [0, 0.1) is 0 Å². The van der Waals surface area contributed by atoms with Gasteiger partial charge in [-0.15, -0.1) is 0 Å². The molecule has 9 aromatic carbocycles. The van der Waals surface area contributed by atoms with Crippen LogP contribution < -0.4 is 0 Å². The van der Waals surface area contributed by atoms with Gasteiger partial charge in [0.2, 0.25) is 0 Å². The number of aromatic nitrogens is 3. The molecule has 0 unspecified atom stereocenters. The average molecular weight is 676 g/mol. The first kappa shape index (κ1) is 29.5. The van der Waals surface area contributed by atoms with Crippen molar-refractivity contribution >= 4 is 65.0 Å². The summed E-state index contributed by atoms with van der Waals surface area (Å²) in [5.41, 5.74) is 6.81. The molecule has 4 heteroatoms. The highest BCUT2D eigenvalue weighted by Gasteiger charge is 2.23. The van der Waals surface area contributed by atoms with Gasteiger partial charge in [-0.1, -0.05) is 158 Å². The van der Waals surface area contributed by atoms with E-state index in [4.69, 9.17) is 19.4 Å². The quantitative estimate of drug-likeness (QED) is 0.174. The van der Waals surface area contributed by atoms with Gasteiger partial charge in [-0.3, -0.25) is 0 Å². The number of hydrogen-bond donors (Lipinski definition) is 0. The second-order valence-corrected chi connectivity index (χ2v) is 13.5. The minimum atomic E-state index is 0.598. The van der Waals surface area contributed by atoms with Crippen LogP contribution in [0.2, 0.25) is 0 Å². The monoisotopic (exact) mass is 675 g/mol. The molecule has 2 aromatic heterocycles. The van der Waals surface area contributed by atoms with Gasteiger partial charge >= 0.3 is 0 Å². The molecule has 0 amide bonds. The van der Waals surface area contributed by atoms with E-state index in [1.165, 1.54) is 16.5 Å². The molecule has 0 aliphatic heterocycles. The highest BCUT2D eigenvalue weighted by molar-refractivity contribution is 6.28. The van der Waals surface area contributed by atoms with Crippen LogP contribution in [-0.2, 0) is 0 Å². The second-order valence-electron chi connectivity index (χ2n) is 13.5. The lowest BCUT2D eigenvalue weighted by Gasteiger charge is -2.14. The zero-order valence-electron chi connectivity index (χ0n) is 28.5. The van der Waals surface area contributed by atoms with Crippen LogP contribution in [0.25, 0.3) is 110 Å². The Kier molecular flexibility index (Phi) is 6.52. The SMILES string of the molecule is c1ccc(-c2nc(-c3ccc(-c4ccccc4)c4ccccc34)nc(-c3cc4ccc5ccccc5c4c4oc5c6ccccc6ccc5c34)n2)cc1. The summed E-state index contributed by atoms with van der Waals surface area (Å²) < 4.78 is 7.02. The van der Waals surface area contributed by atoms with Crippen LogP contribution in [0.1, 0.15) is 0 Å². The van der Waals surface area contributed by atoms with E-state index in [1.54, 1.807) is 0 Å². The zero-order valence-corrected chi connectivity index (χ0v) is 28.5. The van der Waals surface area contributed by atoms with Gasteiger partial charge in [0.05, 0.1) is 0 Å². The first-order chi connectivity index (χ1) is 26.3. The van der Waals surface area contributed by atoms with Gasteiger partial charge in [0, 0.05) is 38.2 Å². The smallest absolute Gasteiger partial charge is 0.164 e. The van der Waals surface area contributed by atoms with Crippen LogP contribution in [0.4, 0.5) is 0 Å². The van der Waals surface area contributed by atoms with E-state index in [2.05, 4.69) is 158 Å². The van der Waals surface area contributed by atoms with E-state index in [0.29, 0.717) is 17.5 Å². The molecular weight excluding hydrogens is 647 g/mol. The van der Waals surface area contributed by atoms with Crippen molar-refractivity contribution in [2.45, 2.75) is 0 Å². The minimum absolute atomic E-state index is 0.598. The predicted octanol–water partition coefficient (Wildman–Crippen LogP) is 13.1. The van der Waals surface area contributed by atoms with Crippen LogP contribution in [0.3, 0.4) is 0 Å². The number of nitrogens with zero attached hydrogens (tertiary/aromatic N) is 3. The number of hydrogen-bond acceptors (Lipinski definition) is 4. The minimum Gasteiger partial charge on any atom is -0.455 e. The van der Waals surface area contributed by atoms with Crippen molar-refractivity contribution in [2.75, 3.05) is 0 Å². The molecule has 11 rings (SSSR count). The van der Waals surface area contributed by atoms with Gasteiger partial charge in [-0.05, 0) is 61.6 Å². The Labute approximate surface area is 304 Å². The Morgan fingerprint density at radius 2 is 0.830 bits per heavy atom. The van der Waals surface area contributed by atoms with E-state index in [1.807, 2.05) is 18.2 Å². The third kappa shape index (κ3) is 4.66. The van der Waals surface area contributed by atoms with Gasteiger partial charge in [0.1, 0.15) is 11.2 Å². The summed E-state index contributed by atoms with van der Waals surface area (Å²) in [6, 6.07) is 61.4. The maximum Gasteiger partial charge on any atom is 0.164 e. The van der Waals surface area contributed by atoms with Crippen LogP contribution >= 0.6 is 0 Å². The summed E-state index contributed by atoms with van der Waals surface area (Å²) >= 11 is 0. The number of benzene rings is 9. The topological polar surface area (TPSA) is 51.8 Å². The highest BCUT2D eigenvalue weighted by Crippen LogP contribution is 2.45. The largest absolute Gasteiger partial charge is 0.455 e. The van der Waals surface area contributed by atoms with Crippen molar-refractivity contribution in [1.82, 2.24) is 15.0 Å². The third-order valence-corrected chi connectivity index (χ3v) is 10.5. The maximum atomic E-state index is 7.02. The first-order valence-electron chi connectivity index (χ1n) is 17.9. The van der Waals surface area contributed by atoms with Crippen molar-refractivity contribution in [3.63, 3.8) is 0 Å². The van der Waals surface area contributed by atoms with Crippen LogP contribution in [0.15, 0.2) is 180 Å². The Bertz CT molecular complexity index is 3220. The van der Waals surface area contributed by atoms with Crippen LogP contribution in [0.5, 0.6) is 0 Å². The molecule has 0 saturated heterocycles. The summed E-state index contributed by atoms with van der Waals surface area (Å²) in [6.07, 6.45) is 0. The molecule has 0 bridgehead atoms. The van der Waals surface area contributed by atoms with Crippen LogP contribution in [-0.4, -0.2) is 15.0 Å². The molecule has 0 aliphatic carbocycles. The molecule has 53 heavy (non-hydrogen) atoms. The molecule has 2 heterocycles. The predicted molar refractivity (Wildman–Crippen MR) is 219 cm³/mol. The fourth-order valence-electron chi connectivity index (χ4n) is 8.03. The Balaban J connectivity index is 1.25. The maximum absolute atomic E-state index is 7.02. The fourth-order valence-corrected chi connectivity index (χ4v) is 8.03. The molecule has 0 fully saturated rings. The van der Waals surface area contributed by atoms with Crippen molar-refractivity contribution in [3.8, 4) is 45.3 Å². The third-order valence-electron chi connectivity index (χ3n) is 10.5. The van der Waals surface area contributed by atoms with Crippen molar-refractivity contribution in [1.29, 1.82) is 0 Å². The normalized spacial score (nSPS) is 11.8. The molecule has 0 atom stereocenters. The molecular formula is C49H29N3O. The first-order valence-corrected chi connectivity index (χ1v) is 17.9. The van der Waals surface area contributed by atoms with Gasteiger partial charge in [-0.25, -0.2) is 15.0 Å². The molecule has 0 N–H and O–H groups in total. The molecule has 0 saturated carbocycles. The van der Waals surface area contributed by atoms with E-state index in [-0.39, 0.29) is 0 Å². The lowest BCUT2D eigenvalue weighted by Crippen LogP contribution is -2.01. The van der Waals surface area contributed by atoms with Crippen molar-refractivity contribution in [3.05, 3.63) is 176 Å². The fraction of sp³-hybridized carbons (Fsp3) is 0.